The second-order valence-electron chi connectivity index (χ2n) is 6.35. The summed E-state index contributed by atoms with van der Waals surface area (Å²) in [6.07, 6.45) is 1.56. The summed E-state index contributed by atoms with van der Waals surface area (Å²) < 4.78 is 11.3. The lowest BCUT2D eigenvalue weighted by Crippen LogP contribution is -2.30. The van der Waals surface area contributed by atoms with Crippen molar-refractivity contribution >= 4 is 29.6 Å². The molecule has 3 amide bonds. The number of nitrogens with zero attached hydrogens (tertiary/aromatic N) is 1. The first-order chi connectivity index (χ1) is 13.4. The molecule has 3 rings (SSSR count). The lowest BCUT2D eigenvalue weighted by atomic mass is 10.1. The lowest BCUT2D eigenvalue weighted by Gasteiger charge is -2.14. The molecule has 0 aliphatic carbocycles. The number of nitrogens with one attached hydrogen (secondary N) is 1. The highest BCUT2D eigenvalue weighted by Gasteiger charge is 2.32. The van der Waals surface area contributed by atoms with Crippen molar-refractivity contribution in [2.45, 2.75) is 20.5 Å². The topological polar surface area (TPSA) is 67.9 Å². The number of rotatable bonds is 6. The van der Waals surface area contributed by atoms with E-state index in [1.165, 1.54) is 7.11 Å². The van der Waals surface area contributed by atoms with E-state index in [0.29, 0.717) is 35.2 Å². The predicted octanol–water partition coefficient (Wildman–Crippen LogP) is 4.15. The van der Waals surface area contributed by atoms with Crippen LogP contribution in [-0.4, -0.2) is 30.5 Å². The maximum Gasteiger partial charge on any atom is 0.328 e. The minimum atomic E-state index is -0.435. The number of ether oxygens (including phenoxy) is 2. The van der Waals surface area contributed by atoms with Crippen molar-refractivity contribution in [1.82, 2.24) is 10.2 Å². The van der Waals surface area contributed by atoms with E-state index in [-0.39, 0.29) is 11.6 Å². The standard InChI is InChI=1S/C21H21ClN2O4/c1-4-24-20(25)17(23-21(24)26)10-15-9-16(22)19(18(11-15)27-3)28-12-14-7-5-6-13(2)8-14/h5-11H,4,12H2,1-3H3,(H,23,26)/b17-10+. The van der Waals surface area contributed by atoms with Gasteiger partial charge in [0.2, 0.25) is 0 Å². The molecule has 0 atom stereocenters. The number of aryl methyl sites for hydroxylation is 1. The van der Waals surface area contributed by atoms with Crippen molar-refractivity contribution in [3.8, 4) is 11.5 Å². The fraction of sp³-hybridized carbons (Fsp3) is 0.238. The number of likely N-dealkylation sites (N-methyl/N-ethyl adjacent to an activating group) is 1. The van der Waals surface area contributed by atoms with Gasteiger partial charge in [0.15, 0.2) is 11.5 Å². The van der Waals surface area contributed by atoms with Gasteiger partial charge in [0.1, 0.15) is 12.3 Å². The molecule has 0 unspecified atom stereocenters. The minimum Gasteiger partial charge on any atom is -0.493 e. The Kier molecular flexibility index (Phi) is 5.90. The number of imide groups is 1. The number of carbonyl (C=O) groups excluding carboxylic acids is 2. The number of carbonyl (C=O) groups is 2. The fourth-order valence-corrected chi connectivity index (χ4v) is 3.22. The van der Waals surface area contributed by atoms with Crippen LogP contribution in [0.5, 0.6) is 11.5 Å². The van der Waals surface area contributed by atoms with E-state index in [4.69, 9.17) is 21.1 Å². The summed E-state index contributed by atoms with van der Waals surface area (Å²) in [7, 11) is 1.52. The third kappa shape index (κ3) is 4.12. The molecule has 1 aliphatic rings. The van der Waals surface area contributed by atoms with Crippen molar-refractivity contribution in [3.05, 3.63) is 63.8 Å². The van der Waals surface area contributed by atoms with Crippen LogP contribution in [0.15, 0.2) is 42.1 Å². The van der Waals surface area contributed by atoms with Gasteiger partial charge < -0.3 is 14.8 Å². The summed E-state index contributed by atoms with van der Waals surface area (Å²) in [6, 6.07) is 10.9. The molecule has 0 spiro atoms. The van der Waals surface area contributed by atoms with Crippen LogP contribution in [-0.2, 0) is 11.4 Å². The molecule has 1 heterocycles. The largest absolute Gasteiger partial charge is 0.493 e. The van der Waals surface area contributed by atoms with Crippen molar-refractivity contribution < 1.29 is 19.1 Å². The summed E-state index contributed by atoms with van der Waals surface area (Å²) in [5.41, 5.74) is 2.97. The quantitative estimate of drug-likeness (QED) is 0.584. The van der Waals surface area contributed by atoms with Crippen LogP contribution in [0.3, 0.4) is 0 Å². The van der Waals surface area contributed by atoms with Gasteiger partial charge in [-0.25, -0.2) is 4.79 Å². The second-order valence-corrected chi connectivity index (χ2v) is 6.76. The van der Waals surface area contributed by atoms with Gasteiger partial charge in [0.25, 0.3) is 5.91 Å². The molecule has 0 radical (unpaired) electrons. The monoisotopic (exact) mass is 400 g/mol. The van der Waals surface area contributed by atoms with Gasteiger partial charge in [-0.2, -0.15) is 0 Å². The predicted molar refractivity (Wildman–Crippen MR) is 107 cm³/mol. The van der Waals surface area contributed by atoms with Gasteiger partial charge in [0, 0.05) is 6.54 Å². The van der Waals surface area contributed by atoms with Gasteiger partial charge in [-0.05, 0) is 43.2 Å². The van der Waals surface area contributed by atoms with Crippen LogP contribution in [0.4, 0.5) is 4.79 Å². The Morgan fingerprint density at radius 2 is 2.00 bits per heavy atom. The van der Waals surface area contributed by atoms with E-state index in [2.05, 4.69) is 5.32 Å². The minimum absolute atomic E-state index is 0.193. The van der Waals surface area contributed by atoms with Crippen molar-refractivity contribution in [3.63, 3.8) is 0 Å². The highest BCUT2D eigenvalue weighted by atomic mass is 35.5. The Labute approximate surface area is 168 Å². The molecular weight excluding hydrogens is 380 g/mol. The Hall–Kier alpha value is -2.99. The van der Waals surface area contributed by atoms with E-state index in [0.717, 1.165) is 16.0 Å². The Morgan fingerprint density at radius 3 is 2.64 bits per heavy atom. The summed E-state index contributed by atoms with van der Waals surface area (Å²) in [5.74, 6) is 0.489. The molecule has 1 fully saturated rings. The van der Waals surface area contributed by atoms with E-state index in [1.807, 2.05) is 31.2 Å². The Morgan fingerprint density at radius 1 is 1.21 bits per heavy atom. The third-order valence-electron chi connectivity index (χ3n) is 4.31. The molecule has 2 aromatic carbocycles. The molecule has 0 saturated carbocycles. The number of methoxy groups -OCH3 is 1. The molecule has 0 bridgehead atoms. The van der Waals surface area contributed by atoms with E-state index in [1.54, 1.807) is 25.1 Å². The summed E-state index contributed by atoms with van der Waals surface area (Å²) >= 11 is 6.40. The first kappa shape index (κ1) is 19.8. The molecule has 146 valence electrons. The summed E-state index contributed by atoms with van der Waals surface area (Å²) in [6.45, 7) is 4.40. The maximum atomic E-state index is 12.2. The highest BCUT2D eigenvalue weighted by Crippen LogP contribution is 2.37. The molecule has 28 heavy (non-hydrogen) atoms. The molecule has 6 nitrogen and oxygen atoms in total. The third-order valence-corrected chi connectivity index (χ3v) is 4.59. The van der Waals surface area contributed by atoms with E-state index < -0.39 is 6.03 Å². The number of hydrogen-bond acceptors (Lipinski definition) is 4. The number of benzene rings is 2. The zero-order valence-electron chi connectivity index (χ0n) is 15.9. The fourth-order valence-electron chi connectivity index (χ4n) is 2.95. The molecule has 2 aromatic rings. The number of urea groups is 1. The van der Waals surface area contributed by atoms with Crippen molar-refractivity contribution in [1.29, 1.82) is 0 Å². The van der Waals surface area contributed by atoms with Gasteiger partial charge >= 0.3 is 6.03 Å². The smallest absolute Gasteiger partial charge is 0.328 e. The summed E-state index contributed by atoms with van der Waals surface area (Å²) in [5, 5.41) is 2.91. The first-order valence-electron chi connectivity index (χ1n) is 8.83. The maximum absolute atomic E-state index is 12.2. The zero-order valence-corrected chi connectivity index (χ0v) is 16.7. The number of hydrogen-bond donors (Lipinski definition) is 1. The number of halogens is 1. The van der Waals surface area contributed by atoms with Crippen LogP contribution in [0.1, 0.15) is 23.6 Å². The molecular formula is C21H21ClN2O4. The molecule has 1 aliphatic heterocycles. The molecule has 1 N–H and O–H groups in total. The highest BCUT2D eigenvalue weighted by molar-refractivity contribution is 6.32. The van der Waals surface area contributed by atoms with Crippen LogP contribution in [0.2, 0.25) is 5.02 Å². The van der Waals surface area contributed by atoms with Crippen molar-refractivity contribution in [2.24, 2.45) is 0 Å². The van der Waals surface area contributed by atoms with Gasteiger partial charge in [-0.15, -0.1) is 0 Å². The molecule has 1 saturated heterocycles. The van der Waals surface area contributed by atoms with Gasteiger partial charge in [0.05, 0.1) is 12.1 Å². The van der Waals surface area contributed by atoms with Gasteiger partial charge in [-0.1, -0.05) is 41.4 Å². The SMILES string of the molecule is CCN1C(=O)N/C(=C/c2cc(Cl)c(OCc3cccc(C)c3)c(OC)c2)C1=O. The van der Waals surface area contributed by atoms with Crippen LogP contribution in [0.25, 0.3) is 6.08 Å². The summed E-state index contributed by atoms with van der Waals surface area (Å²) in [4.78, 5) is 25.1. The molecule has 7 heteroatoms. The lowest BCUT2D eigenvalue weighted by molar-refractivity contribution is -0.122. The van der Waals surface area contributed by atoms with Crippen LogP contribution >= 0.6 is 11.6 Å². The van der Waals surface area contributed by atoms with Crippen LogP contribution in [0, 0.1) is 6.92 Å². The van der Waals surface area contributed by atoms with E-state index in [9.17, 15) is 9.59 Å². The molecule has 0 aromatic heterocycles. The number of amides is 3. The average molecular weight is 401 g/mol. The zero-order chi connectivity index (χ0) is 20.3. The second kappa shape index (κ2) is 8.35. The van der Waals surface area contributed by atoms with Crippen molar-refractivity contribution in [2.75, 3.05) is 13.7 Å². The van der Waals surface area contributed by atoms with E-state index >= 15 is 0 Å². The van der Waals surface area contributed by atoms with Gasteiger partial charge in [-0.3, -0.25) is 9.69 Å². The van der Waals surface area contributed by atoms with Crippen LogP contribution < -0.4 is 14.8 Å². The Balaban J connectivity index is 1.85. The Bertz CT molecular complexity index is 955. The first-order valence-corrected chi connectivity index (χ1v) is 9.21. The normalized spacial score (nSPS) is 15.1. The average Bonchev–Trinajstić information content (AvgIpc) is 2.93.